The number of para-hydroxylation sites is 2. The van der Waals surface area contributed by atoms with Crippen LogP contribution in [0.5, 0.6) is 11.5 Å². The number of fused-ring (bicyclic) bond motifs is 2. The Morgan fingerprint density at radius 3 is 1.46 bits per heavy atom. The summed E-state index contributed by atoms with van der Waals surface area (Å²) in [6, 6.07) is 22.4. The lowest BCUT2D eigenvalue weighted by atomic mass is 10.1. The Morgan fingerprint density at radius 2 is 1.06 bits per heavy atom. The van der Waals surface area contributed by atoms with Crippen molar-refractivity contribution < 1.29 is 40.5 Å². The lowest BCUT2D eigenvalue weighted by Crippen LogP contribution is -2.28. The van der Waals surface area contributed by atoms with Gasteiger partial charge in [-0.05, 0) is 87.2 Å². The minimum atomic E-state index is -3.63. The molecule has 3 N–H and O–H groups in total. The number of aromatic nitrogens is 6. The molecule has 0 radical (unpaired) electrons. The molecule has 0 saturated carbocycles. The van der Waals surface area contributed by atoms with Crippen LogP contribution in [0.2, 0.25) is 0 Å². The number of rotatable bonds is 21. The third kappa shape index (κ3) is 14.5. The molecule has 0 aliphatic rings. The minimum Gasteiger partial charge on any atom is -0.494 e. The molecule has 0 saturated heterocycles. The second-order valence-electron chi connectivity index (χ2n) is 19.4. The summed E-state index contributed by atoms with van der Waals surface area (Å²) in [5.74, 6) is -0.411. The Bertz CT molecular complexity index is 3760. The predicted octanol–water partition coefficient (Wildman–Crippen LogP) is 8.59. The van der Waals surface area contributed by atoms with Gasteiger partial charge in [0, 0.05) is 104 Å². The van der Waals surface area contributed by atoms with Crippen molar-refractivity contribution in [1.82, 2.24) is 43.0 Å². The van der Waals surface area contributed by atoms with Crippen LogP contribution in [-0.4, -0.2) is 158 Å². The normalized spacial score (nSPS) is 11.6. The highest BCUT2D eigenvalue weighted by molar-refractivity contribution is 7.91. The van der Waals surface area contributed by atoms with E-state index in [0.717, 1.165) is 30.6 Å². The average molecular weight is 1160 g/mol. The Kier molecular flexibility index (Phi) is 20.4. The number of likely N-dealkylation sites (N-methyl/N-ethyl adjacent to an activating group) is 4. The maximum atomic E-state index is 14.0. The van der Waals surface area contributed by atoms with Crippen molar-refractivity contribution in [2.45, 2.75) is 38.2 Å². The zero-order chi connectivity index (χ0) is 59.5. The molecule has 0 spiro atoms. The summed E-state index contributed by atoms with van der Waals surface area (Å²) in [6.45, 7) is 9.96. The summed E-state index contributed by atoms with van der Waals surface area (Å²) in [5, 5.41) is 32.2. The number of nitrogens with zero attached hydrogens (tertiary/aromatic N) is 11. The Morgan fingerprint density at radius 1 is 0.630 bits per heavy atom. The molecular formula is C54H67FN14O10S2. The van der Waals surface area contributed by atoms with E-state index in [1.807, 2.05) is 43.1 Å². The molecular weight excluding hydrogens is 1090 g/mol. The number of ether oxygens (including phenoxy) is 2. The molecule has 0 aliphatic heterocycles. The van der Waals surface area contributed by atoms with E-state index in [9.17, 15) is 41.5 Å². The van der Waals surface area contributed by atoms with Gasteiger partial charge in [0.05, 0.1) is 68.4 Å². The fourth-order valence-corrected chi connectivity index (χ4v) is 10.3. The number of halogens is 1. The fourth-order valence-electron chi connectivity index (χ4n) is 7.99. The Labute approximate surface area is 470 Å². The quantitative estimate of drug-likeness (QED) is 0.0448. The van der Waals surface area contributed by atoms with Gasteiger partial charge in [0.1, 0.15) is 17.2 Å². The van der Waals surface area contributed by atoms with Crippen LogP contribution in [0.3, 0.4) is 0 Å². The van der Waals surface area contributed by atoms with Gasteiger partial charge >= 0.3 is 5.69 Å². The third-order valence-corrected chi connectivity index (χ3v) is 16.6. The van der Waals surface area contributed by atoms with Crippen molar-refractivity contribution in [2.24, 2.45) is 0 Å². The van der Waals surface area contributed by atoms with Gasteiger partial charge < -0.3 is 40.1 Å². The molecule has 0 bridgehead atoms. The van der Waals surface area contributed by atoms with Crippen molar-refractivity contribution >= 4 is 82.2 Å². The van der Waals surface area contributed by atoms with E-state index in [1.54, 1.807) is 95.5 Å². The van der Waals surface area contributed by atoms with Crippen molar-refractivity contribution in [3.8, 4) is 34.0 Å². The van der Waals surface area contributed by atoms with Crippen LogP contribution in [0.1, 0.15) is 27.7 Å². The van der Waals surface area contributed by atoms with Gasteiger partial charge in [-0.15, -0.1) is 0 Å². The maximum Gasteiger partial charge on any atom is 0.307 e. The SMILES string of the molecule is CNCCN(C)C.COc1cc(F)c([N+](=O)[O-])cc1Nc1nccc(-c2cn(S(=O)(=O)C(C)C)c3ccccc23)n1.COc1cc(N(C)CCN(C)C)c([N+](=O)[O-])cc1Nc1nccc(-c2cn(S(=O)(=O)C(C)C)c3ccccc23)n1. The second-order valence-corrected chi connectivity index (χ2v) is 24.1. The molecule has 0 atom stereocenters. The molecule has 27 heteroatoms. The number of nitrogens with one attached hydrogen (secondary N) is 3. The van der Waals surface area contributed by atoms with E-state index >= 15 is 0 Å². The van der Waals surface area contributed by atoms with E-state index in [1.165, 1.54) is 46.8 Å². The van der Waals surface area contributed by atoms with Gasteiger partial charge in [-0.1, -0.05) is 36.4 Å². The summed E-state index contributed by atoms with van der Waals surface area (Å²) in [5.41, 5.74) is 3.14. The summed E-state index contributed by atoms with van der Waals surface area (Å²) < 4.78 is 79.1. The first-order valence-corrected chi connectivity index (χ1v) is 28.3. The first kappa shape index (κ1) is 61.8. The minimum absolute atomic E-state index is 0.0248. The molecule has 4 aromatic heterocycles. The van der Waals surface area contributed by atoms with E-state index in [2.05, 4.69) is 54.9 Å². The first-order chi connectivity index (χ1) is 38.3. The molecule has 0 aliphatic carbocycles. The topological polar surface area (TPSA) is 280 Å². The van der Waals surface area contributed by atoms with Crippen molar-refractivity contribution in [2.75, 3.05) is 98.2 Å². The molecule has 81 heavy (non-hydrogen) atoms. The fraction of sp³-hybridized carbons (Fsp3) is 0.333. The molecule has 0 amide bonds. The molecule has 8 rings (SSSR count). The smallest absolute Gasteiger partial charge is 0.307 e. The van der Waals surface area contributed by atoms with Gasteiger partial charge in [0.25, 0.3) is 5.69 Å². The van der Waals surface area contributed by atoms with Crippen molar-refractivity contribution in [3.05, 3.63) is 136 Å². The van der Waals surface area contributed by atoms with Gasteiger partial charge in [-0.25, -0.2) is 44.7 Å². The van der Waals surface area contributed by atoms with E-state index < -0.39 is 51.9 Å². The van der Waals surface area contributed by atoms with Crippen LogP contribution in [0.15, 0.2) is 110 Å². The summed E-state index contributed by atoms with van der Waals surface area (Å²) >= 11 is 0. The second kappa shape index (κ2) is 26.7. The monoisotopic (exact) mass is 1150 g/mol. The number of nitro groups is 2. The van der Waals surface area contributed by atoms with Crippen LogP contribution < -0.4 is 30.3 Å². The maximum absolute atomic E-state index is 14.0. The zero-order valence-electron chi connectivity index (χ0n) is 47.1. The number of methoxy groups -OCH3 is 2. The lowest BCUT2D eigenvalue weighted by Gasteiger charge is -2.22. The van der Waals surface area contributed by atoms with Gasteiger partial charge in [-0.3, -0.25) is 20.2 Å². The number of benzene rings is 4. The molecule has 0 unspecified atom stereocenters. The number of hydrogen-bond acceptors (Lipinski definition) is 20. The number of anilines is 5. The van der Waals surface area contributed by atoms with E-state index in [4.69, 9.17) is 9.47 Å². The molecule has 432 valence electrons. The van der Waals surface area contributed by atoms with Crippen molar-refractivity contribution in [3.63, 3.8) is 0 Å². The van der Waals surface area contributed by atoms with Gasteiger partial charge in [0.15, 0.2) is 0 Å². The van der Waals surface area contributed by atoms with E-state index in [-0.39, 0.29) is 29.0 Å². The van der Waals surface area contributed by atoms with Crippen LogP contribution in [-0.2, 0) is 20.0 Å². The zero-order valence-corrected chi connectivity index (χ0v) is 48.7. The highest BCUT2D eigenvalue weighted by Gasteiger charge is 2.27. The van der Waals surface area contributed by atoms with Crippen LogP contribution >= 0.6 is 0 Å². The van der Waals surface area contributed by atoms with Gasteiger partial charge in [-0.2, -0.15) is 4.39 Å². The van der Waals surface area contributed by atoms with Crippen LogP contribution in [0.4, 0.5) is 44.7 Å². The molecule has 24 nitrogen and oxygen atoms in total. The lowest BCUT2D eigenvalue weighted by molar-refractivity contribution is -0.387. The Hall–Kier alpha value is -8.37. The van der Waals surface area contributed by atoms with Crippen molar-refractivity contribution in [1.29, 1.82) is 0 Å². The molecule has 8 aromatic rings. The highest BCUT2D eigenvalue weighted by Crippen LogP contribution is 2.40. The van der Waals surface area contributed by atoms with Crippen LogP contribution in [0.25, 0.3) is 44.3 Å². The summed E-state index contributed by atoms with van der Waals surface area (Å²) in [7, 11) is 7.29. The summed E-state index contributed by atoms with van der Waals surface area (Å²) in [4.78, 5) is 45.3. The molecule has 4 heterocycles. The number of nitro benzene ring substituents is 2. The summed E-state index contributed by atoms with van der Waals surface area (Å²) in [6.07, 6.45) is 6.07. The Balaban J connectivity index is 0.000000236. The average Bonchev–Trinajstić information content (AvgIpc) is 4.11. The highest BCUT2D eigenvalue weighted by atomic mass is 32.2. The van der Waals surface area contributed by atoms with Crippen LogP contribution in [0, 0.1) is 26.0 Å². The van der Waals surface area contributed by atoms with Gasteiger partial charge in [0.2, 0.25) is 37.8 Å². The van der Waals surface area contributed by atoms with E-state index in [0.29, 0.717) is 69.1 Å². The molecule has 4 aromatic carbocycles. The largest absolute Gasteiger partial charge is 0.494 e. The third-order valence-electron chi connectivity index (χ3n) is 12.5. The molecule has 0 fully saturated rings. The predicted molar refractivity (Wildman–Crippen MR) is 315 cm³/mol. The first-order valence-electron chi connectivity index (χ1n) is 25.3. The number of hydrogen-bond donors (Lipinski definition) is 3. The standard InChI is InChI=1S/C27H33N7O5S.C22H20FN5O5S.C5H14N2/c1-18(2)40(37,38)33-17-20(19-9-7-8-10-23(19)33)21-11-12-28-27(29-21)30-22-15-25(34(35)36)24(16-26(22)39-6)32(5)14-13-31(3)4;1-13(2)34(31,32)27-12-15(14-6-4-5-7-19(14)27)17-8-9-24-22(25-17)26-18-11-20(28(29)30)16(23)10-21(18)33-3;1-6-4-5-7(2)3/h7-12,15-18H,13-14H2,1-6H3,(H,28,29,30);4-13H,1-3H3,(H,24,25,26);6H,4-5H2,1-3H3.